The zero-order valence-electron chi connectivity index (χ0n) is 9.93. The van der Waals surface area contributed by atoms with Crippen LogP contribution in [0.1, 0.15) is 12.0 Å². The molecule has 2 N–H and O–H groups in total. The molecule has 0 spiro atoms. The van der Waals surface area contributed by atoms with Gasteiger partial charge in [-0.1, -0.05) is 29.3 Å². The van der Waals surface area contributed by atoms with Crippen molar-refractivity contribution in [2.75, 3.05) is 13.2 Å². The van der Waals surface area contributed by atoms with E-state index in [1.54, 1.807) is 18.2 Å². The summed E-state index contributed by atoms with van der Waals surface area (Å²) in [6, 6.07) is 4.87. The topological polar surface area (TPSA) is 49.3 Å². The van der Waals surface area contributed by atoms with Crippen LogP contribution >= 0.6 is 23.2 Å². The van der Waals surface area contributed by atoms with E-state index in [0.29, 0.717) is 16.5 Å². The first-order valence-corrected chi connectivity index (χ1v) is 6.29. The number of hydrogen-bond acceptors (Lipinski definition) is 2. The van der Waals surface area contributed by atoms with E-state index >= 15 is 0 Å². The van der Waals surface area contributed by atoms with Crippen molar-refractivity contribution < 1.29 is 18.7 Å². The minimum absolute atomic E-state index is 0.0306. The van der Waals surface area contributed by atoms with Crippen molar-refractivity contribution in [2.24, 2.45) is 0 Å². The van der Waals surface area contributed by atoms with E-state index in [1.165, 1.54) is 0 Å². The first kappa shape index (κ1) is 16.1. The number of aliphatic hydroxyl groups excluding tert-OH is 1. The summed E-state index contributed by atoms with van der Waals surface area (Å²) >= 11 is 11.6. The molecule has 19 heavy (non-hydrogen) atoms. The van der Waals surface area contributed by atoms with Gasteiger partial charge >= 0.3 is 0 Å². The number of rotatable bonds is 6. The SMILES string of the molecule is O=C(CCc1ccc(Cl)cc1Cl)NCC(F)(F)CO. The van der Waals surface area contributed by atoms with Crippen molar-refractivity contribution in [3.05, 3.63) is 33.8 Å². The van der Waals surface area contributed by atoms with Gasteiger partial charge in [0.25, 0.3) is 5.92 Å². The monoisotopic (exact) mass is 311 g/mol. The Kier molecular flexibility index (Phi) is 5.97. The van der Waals surface area contributed by atoms with Gasteiger partial charge in [0, 0.05) is 16.5 Å². The standard InChI is InChI=1S/C12H13Cl2F2NO2/c13-9-3-1-8(10(14)5-9)2-4-11(19)17-6-12(15,16)7-18/h1,3,5,18H,2,4,6-7H2,(H,17,19). The lowest BCUT2D eigenvalue weighted by atomic mass is 10.1. The lowest BCUT2D eigenvalue weighted by Gasteiger charge is -2.14. The van der Waals surface area contributed by atoms with Gasteiger partial charge in [-0.3, -0.25) is 4.79 Å². The van der Waals surface area contributed by atoms with E-state index in [9.17, 15) is 13.6 Å². The third kappa shape index (κ3) is 5.72. The maximum Gasteiger partial charge on any atom is 0.287 e. The van der Waals surface area contributed by atoms with Crippen molar-refractivity contribution in [3.63, 3.8) is 0 Å². The maximum absolute atomic E-state index is 12.7. The molecule has 3 nitrogen and oxygen atoms in total. The highest BCUT2D eigenvalue weighted by atomic mass is 35.5. The molecule has 0 fully saturated rings. The highest BCUT2D eigenvalue weighted by Crippen LogP contribution is 2.22. The molecule has 0 unspecified atom stereocenters. The van der Waals surface area contributed by atoms with Crippen molar-refractivity contribution >= 4 is 29.1 Å². The van der Waals surface area contributed by atoms with E-state index in [-0.39, 0.29) is 6.42 Å². The van der Waals surface area contributed by atoms with Crippen LogP contribution in [-0.2, 0) is 11.2 Å². The van der Waals surface area contributed by atoms with Crippen molar-refractivity contribution in [3.8, 4) is 0 Å². The summed E-state index contributed by atoms with van der Waals surface area (Å²) in [5.41, 5.74) is 0.718. The molecule has 1 amide bonds. The molecule has 0 aliphatic rings. The number of nitrogens with one attached hydrogen (secondary N) is 1. The molecule has 0 aliphatic carbocycles. The Balaban J connectivity index is 2.42. The van der Waals surface area contributed by atoms with Crippen LogP contribution in [0.2, 0.25) is 10.0 Å². The predicted molar refractivity (Wildman–Crippen MR) is 69.8 cm³/mol. The quantitative estimate of drug-likeness (QED) is 0.848. The van der Waals surface area contributed by atoms with Gasteiger partial charge in [0.15, 0.2) is 0 Å². The van der Waals surface area contributed by atoms with Gasteiger partial charge in [0.2, 0.25) is 5.91 Å². The van der Waals surface area contributed by atoms with E-state index in [2.05, 4.69) is 5.32 Å². The fraction of sp³-hybridized carbons (Fsp3) is 0.417. The Labute approximate surface area is 119 Å². The molecule has 0 aromatic heterocycles. The molecule has 1 aromatic carbocycles. The summed E-state index contributed by atoms with van der Waals surface area (Å²) < 4.78 is 25.4. The predicted octanol–water partition coefficient (Wildman–Crippen LogP) is 2.67. The van der Waals surface area contributed by atoms with Crippen LogP contribution in [0.5, 0.6) is 0 Å². The zero-order chi connectivity index (χ0) is 14.5. The van der Waals surface area contributed by atoms with Gasteiger partial charge in [-0.05, 0) is 24.1 Å². The minimum Gasteiger partial charge on any atom is -0.390 e. The first-order chi connectivity index (χ1) is 8.84. The Morgan fingerprint density at radius 3 is 2.63 bits per heavy atom. The van der Waals surface area contributed by atoms with Gasteiger partial charge in [-0.2, -0.15) is 0 Å². The largest absolute Gasteiger partial charge is 0.390 e. The Bertz CT molecular complexity index is 455. The van der Waals surface area contributed by atoms with Crippen molar-refractivity contribution in [1.29, 1.82) is 0 Å². The second-order valence-corrected chi connectivity index (χ2v) is 4.87. The highest BCUT2D eigenvalue weighted by molar-refractivity contribution is 6.35. The second kappa shape index (κ2) is 7.03. The number of benzene rings is 1. The molecule has 1 aromatic rings. The summed E-state index contributed by atoms with van der Waals surface area (Å²) in [6.07, 6.45) is 0.357. The minimum atomic E-state index is -3.30. The van der Waals surface area contributed by atoms with E-state index in [0.717, 1.165) is 5.56 Å². The normalized spacial score (nSPS) is 11.4. The van der Waals surface area contributed by atoms with E-state index < -0.39 is 25.0 Å². The number of halogens is 4. The van der Waals surface area contributed by atoms with Crippen LogP contribution in [0.25, 0.3) is 0 Å². The number of alkyl halides is 2. The van der Waals surface area contributed by atoms with Crippen LogP contribution in [0.3, 0.4) is 0 Å². The fourth-order valence-corrected chi connectivity index (χ4v) is 1.85. The smallest absolute Gasteiger partial charge is 0.287 e. The third-order valence-corrected chi connectivity index (χ3v) is 3.00. The summed E-state index contributed by atoms with van der Waals surface area (Å²) in [5, 5.41) is 11.3. The van der Waals surface area contributed by atoms with Crippen LogP contribution in [0.4, 0.5) is 8.78 Å². The Morgan fingerprint density at radius 1 is 1.37 bits per heavy atom. The first-order valence-electron chi connectivity index (χ1n) is 5.53. The van der Waals surface area contributed by atoms with Gasteiger partial charge in [-0.25, -0.2) is 8.78 Å². The lowest BCUT2D eigenvalue weighted by molar-refractivity contribution is -0.124. The van der Waals surface area contributed by atoms with Crippen LogP contribution in [0, 0.1) is 0 Å². The molecule has 0 saturated carbocycles. The summed E-state index contributed by atoms with van der Waals surface area (Å²) in [6.45, 7) is -2.17. The molecule has 0 saturated heterocycles. The van der Waals surface area contributed by atoms with Gasteiger partial charge in [0.1, 0.15) is 6.61 Å². The zero-order valence-corrected chi connectivity index (χ0v) is 11.4. The number of aryl methyl sites for hydroxylation is 1. The number of hydrogen-bond donors (Lipinski definition) is 2. The summed E-state index contributed by atoms with van der Waals surface area (Å²) in [7, 11) is 0. The van der Waals surface area contributed by atoms with Gasteiger partial charge < -0.3 is 10.4 Å². The summed E-state index contributed by atoms with van der Waals surface area (Å²) in [4.78, 5) is 11.4. The molecular weight excluding hydrogens is 299 g/mol. The molecular formula is C12H13Cl2F2NO2. The van der Waals surface area contributed by atoms with Crippen LogP contribution < -0.4 is 5.32 Å². The molecule has 0 bridgehead atoms. The molecule has 7 heteroatoms. The van der Waals surface area contributed by atoms with Crippen molar-refractivity contribution in [2.45, 2.75) is 18.8 Å². The van der Waals surface area contributed by atoms with Gasteiger partial charge in [-0.15, -0.1) is 0 Å². The Hall–Kier alpha value is -0.910. The van der Waals surface area contributed by atoms with E-state index in [1.807, 2.05) is 0 Å². The molecule has 0 aliphatic heterocycles. The average molecular weight is 312 g/mol. The van der Waals surface area contributed by atoms with Gasteiger partial charge in [0.05, 0.1) is 6.54 Å². The number of carbonyl (C=O) groups excluding carboxylic acids is 1. The number of carbonyl (C=O) groups is 1. The van der Waals surface area contributed by atoms with Crippen LogP contribution in [-0.4, -0.2) is 30.1 Å². The molecule has 0 atom stereocenters. The maximum atomic E-state index is 12.7. The third-order valence-electron chi connectivity index (χ3n) is 2.41. The molecule has 1 rings (SSSR count). The highest BCUT2D eigenvalue weighted by Gasteiger charge is 2.27. The van der Waals surface area contributed by atoms with Crippen LogP contribution in [0.15, 0.2) is 18.2 Å². The molecule has 0 radical (unpaired) electrons. The average Bonchev–Trinajstić information content (AvgIpc) is 2.35. The molecule has 0 heterocycles. The number of aliphatic hydroxyl groups is 1. The number of amides is 1. The lowest BCUT2D eigenvalue weighted by Crippen LogP contribution is -2.39. The second-order valence-electron chi connectivity index (χ2n) is 4.03. The Morgan fingerprint density at radius 2 is 2.05 bits per heavy atom. The van der Waals surface area contributed by atoms with E-state index in [4.69, 9.17) is 28.3 Å². The fourth-order valence-electron chi connectivity index (χ4n) is 1.34. The summed E-state index contributed by atoms with van der Waals surface area (Å²) in [5.74, 6) is -3.83. The molecule has 106 valence electrons. The van der Waals surface area contributed by atoms with Crippen molar-refractivity contribution in [1.82, 2.24) is 5.32 Å².